The lowest BCUT2D eigenvalue weighted by Crippen LogP contribution is -2.46. The summed E-state index contributed by atoms with van der Waals surface area (Å²) in [5, 5.41) is 8.13. The van der Waals surface area contributed by atoms with Gasteiger partial charge in [0.2, 0.25) is 5.91 Å². The molecule has 0 bridgehead atoms. The predicted molar refractivity (Wildman–Crippen MR) is 117 cm³/mol. The predicted octanol–water partition coefficient (Wildman–Crippen LogP) is 2.80. The summed E-state index contributed by atoms with van der Waals surface area (Å²) in [5.74, 6) is -1.77. The summed E-state index contributed by atoms with van der Waals surface area (Å²) in [6, 6.07) is 13.1. The van der Waals surface area contributed by atoms with Crippen molar-refractivity contribution in [1.29, 1.82) is 0 Å². The van der Waals surface area contributed by atoms with Crippen LogP contribution in [-0.4, -0.2) is 41.8 Å². The molecule has 1 heterocycles. The fourth-order valence-corrected chi connectivity index (χ4v) is 3.58. The first-order chi connectivity index (χ1) is 14.3. The van der Waals surface area contributed by atoms with Crippen molar-refractivity contribution < 1.29 is 14.4 Å². The maximum atomic E-state index is 12.2. The van der Waals surface area contributed by atoms with Crippen LogP contribution in [0.2, 0.25) is 5.02 Å². The van der Waals surface area contributed by atoms with Crippen molar-refractivity contribution >= 4 is 40.7 Å². The number of halogens is 1. The smallest absolute Gasteiger partial charge is 0.313 e. The lowest BCUT2D eigenvalue weighted by molar-refractivity contribution is -0.136. The zero-order valence-corrected chi connectivity index (χ0v) is 17.8. The second kappa shape index (κ2) is 9.73. The average molecular weight is 429 g/mol. The van der Waals surface area contributed by atoms with Crippen LogP contribution < -0.4 is 16.0 Å². The molecule has 1 atom stereocenters. The molecule has 0 saturated heterocycles. The van der Waals surface area contributed by atoms with Gasteiger partial charge < -0.3 is 16.0 Å². The van der Waals surface area contributed by atoms with E-state index in [2.05, 4.69) is 39.0 Å². The number of benzene rings is 2. The van der Waals surface area contributed by atoms with Crippen LogP contribution in [0.15, 0.2) is 42.5 Å². The Morgan fingerprint density at radius 3 is 2.53 bits per heavy atom. The monoisotopic (exact) mass is 428 g/mol. The Kier molecular flexibility index (Phi) is 7.07. The number of fused-ring (bicyclic) bond motifs is 1. The molecule has 30 heavy (non-hydrogen) atoms. The zero-order valence-electron chi connectivity index (χ0n) is 17.0. The number of carbonyl (C=O) groups excluding carboxylic acids is 3. The largest absolute Gasteiger partial charge is 0.346 e. The molecule has 0 fully saturated rings. The zero-order chi connectivity index (χ0) is 21.7. The molecule has 1 unspecified atom stereocenters. The molecular formula is C22H25ClN4O3. The van der Waals surface area contributed by atoms with Gasteiger partial charge in [0.05, 0.1) is 10.7 Å². The highest BCUT2D eigenvalue weighted by molar-refractivity contribution is 6.40. The minimum atomic E-state index is -0.776. The minimum absolute atomic E-state index is 0.0945. The number of amides is 3. The number of hydrogen-bond acceptors (Lipinski definition) is 4. The molecule has 2 aromatic rings. The molecule has 3 rings (SSSR count). The van der Waals surface area contributed by atoms with Gasteiger partial charge in [0, 0.05) is 38.3 Å². The number of carbonyl (C=O) groups is 3. The van der Waals surface area contributed by atoms with Crippen molar-refractivity contribution in [2.75, 3.05) is 23.7 Å². The van der Waals surface area contributed by atoms with Gasteiger partial charge in [-0.05, 0) is 42.7 Å². The van der Waals surface area contributed by atoms with Crippen molar-refractivity contribution in [3.05, 3.63) is 58.6 Å². The van der Waals surface area contributed by atoms with Crippen LogP contribution in [0, 0.1) is 0 Å². The van der Waals surface area contributed by atoms with Crippen LogP contribution in [0.1, 0.15) is 25.0 Å². The molecule has 0 aromatic heterocycles. The van der Waals surface area contributed by atoms with Gasteiger partial charge in [-0.1, -0.05) is 35.9 Å². The van der Waals surface area contributed by atoms with Crippen molar-refractivity contribution in [3.63, 3.8) is 0 Å². The van der Waals surface area contributed by atoms with Gasteiger partial charge in [0.15, 0.2) is 0 Å². The normalized spacial score (nSPS) is 14.4. The van der Waals surface area contributed by atoms with Gasteiger partial charge in [0.1, 0.15) is 0 Å². The molecule has 158 valence electrons. The van der Waals surface area contributed by atoms with Crippen LogP contribution >= 0.6 is 11.6 Å². The summed E-state index contributed by atoms with van der Waals surface area (Å²) in [7, 11) is 0. The van der Waals surface area contributed by atoms with Crippen molar-refractivity contribution in [2.45, 2.75) is 32.9 Å². The molecule has 0 aliphatic carbocycles. The van der Waals surface area contributed by atoms with Crippen molar-refractivity contribution in [2.24, 2.45) is 0 Å². The van der Waals surface area contributed by atoms with Crippen LogP contribution in [0.4, 0.5) is 11.4 Å². The van der Waals surface area contributed by atoms with Gasteiger partial charge >= 0.3 is 11.8 Å². The Morgan fingerprint density at radius 1 is 1.07 bits per heavy atom. The van der Waals surface area contributed by atoms with E-state index in [0.29, 0.717) is 22.9 Å². The fraction of sp³-hybridized carbons (Fsp3) is 0.318. The van der Waals surface area contributed by atoms with E-state index in [1.807, 2.05) is 13.0 Å². The van der Waals surface area contributed by atoms with Gasteiger partial charge in [-0.15, -0.1) is 0 Å². The van der Waals surface area contributed by atoms with Crippen LogP contribution in [0.3, 0.4) is 0 Å². The first-order valence-corrected chi connectivity index (χ1v) is 10.2. The first kappa shape index (κ1) is 21.8. The maximum Gasteiger partial charge on any atom is 0.313 e. The van der Waals surface area contributed by atoms with Gasteiger partial charge in [0.25, 0.3) is 0 Å². The molecule has 3 N–H and O–H groups in total. The quantitative estimate of drug-likeness (QED) is 0.639. The van der Waals surface area contributed by atoms with Gasteiger partial charge in [-0.2, -0.15) is 0 Å². The summed E-state index contributed by atoms with van der Waals surface area (Å²) < 4.78 is 0. The highest BCUT2D eigenvalue weighted by Gasteiger charge is 2.22. The summed E-state index contributed by atoms with van der Waals surface area (Å²) in [5.41, 5.74) is 3.40. The highest BCUT2D eigenvalue weighted by atomic mass is 35.5. The lowest BCUT2D eigenvalue weighted by atomic mass is 9.99. The molecular weight excluding hydrogens is 404 g/mol. The Morgan fingerprint density at radius 2 is 1.80 bits per heavy atom. The Bertz CT molecular complexity index is 963. The van der Waals surface area contributed by atoms with Crippen molar-refractivity contribution in [3.8, 4) is 0 Å². The van der Waals surface area contributed by atoms with E-state index in [9.17, 15) is 14.4 Å². The first-order valence-electron chi connectivity index (χ1n) is 9.80. The molecule has 0 saturated carbocycles. The summed E-state index contributed by atoms with van der Waals surface area (Å²) >= 11 is 6.02. The minimum Gasteiger partial charge on any atom is -0.346 e. The molecule has 1 aliphatic rings. The third-order valence-electron chi connectivity index (χ3n) is 5.08. The second-order valence-electron chi connectivity index (χ2n) is 7.38. The Balaban J connectivity index is 1.51. The number of anilines is 2. The average Bonchev–Trinajstić information content (AvgIpc) is 2.73. The summed E-state index contributed by atoms with van der Waals surface area (Å²) in [4.78, 5) is 38.0. The topological polar surface area (TPSA) is 90.5 Å². The molecule has 0 radical (unpaired) electrons. The van der Waals surface area contributed by atoms with E-state index in [4.69, 9.17) is 11.6 Å². The van der Waals surface area contributed by atoms with E-state index in [1.165, 1.54) is 30.2 Å². The molecule has 0 spiro atoms. The van der Waals surface area contributed by atoms with E-state index in [0.717, 1.165) is 19.5 Å². The Labute approximate surface area is 180 Å². The number of nitrogens with one attached hydrogen (secondary N) is 3. The number of nitrogens with zero attached hydrogens (tertiary/aromatic N) is 1. The third-order valence-corrected chi connectivity index (χ3v) is 5.41. The number of rotatable bonds is 5. The summed E-state index contributed by atoms with van der Waals surface area (Å²) in [6.07, 6.45) is 0.974. The summed E-state index contributed by atoms with van der Waals surface area (Å²) in [6.45, 7) is 5.50. The van der Waals surface area contributed by atoms with Crippen molar-refractivity contribution in [1.82, 2.24) is 10.2 Å². The van der Waals surface area contributed by atoms with Crippen LogP contribution in [0.5, 0.6) is 0 Å². The molecule has 2 aromatic carbocycles. The second-order valence-corrected chi connectivity index (χ2v) is 7.79. The standard InChI is InChI=1S/C22H25ClN4O3/c1-14(27-10-9-16-5-3-4-6-17(16)13-27)12-24-21(29)22(30)26-18-7-8-19(23)20(11-18)25-15(2)28/h3-8,11,14H,9-10,12-13H2,1-2H3,(H,24,29)(H,25,28)(H,26,30). The number of hydrogen-bond donors (Lipinski definition) is 3. The SMILES string of the molecule is CC(=O)Nc1cc(NC(=O)C(=O)NCC(C)N2CCc3ccccc3C2)ccc1Cl. The third kappa shape index (κ3) is 5.58. The van der Waals surface area contributed by atoms with E-state index >= 15 is 0 Å². The van der Waals surface area contributed by atoms with Gasteiger partial charge in [-0.3, -0.25) is 19.3 Å². The molecule has 8 heteroatoms. The van der Waals surface area contributed by atoms with Crippen LogP contribution in [-0.2, 0) is 27.3 Å². The molecule has 3 amide bonds. The maximum absolute atomic E-state index is 12.2. The highest BCUT2D eigenvalue weighted by Crippen LogP contribution is 2.25. The van der Waals surface area contributed by atoms with Crippen LogP contribution in [0.25, 0.3) is 0 Å². The van der Waals surface area contributed by atoms with E-state index in [-0.39, 0.29) is 11.9 Å². The molecule has 1 aliphatic heterocycles. The van der Waals surface area contributed by atoms with E-state index in [1.54, 1.807) is 6.07 Å². The van der Waals surface area contributed by atoms with E-state index < -0.39 is 11.8 Å². The lowest BCUT2D eigenvalue weighted by Gasteiger charge is -2.33. The van der Waals surface area contributed by atoms with Gasteiger partial charge in [-0.25, -0.2) is 0 Å². The molecule has 7 nitrogen and oxygen atoms in total. The Hall–Kier alpha value is -2.90. The fourth-order valence-electron chi connectivity index (χ4n) is 3.42.